The van der Waals surface area contributed by atoms with Crippen LogP contribution in [0.25, 0.3) is 11.5 Å². The summed E-state index contributed by atoms with van der Waals surface area (Å²) < 4.78 is 6.04. The highest BCUT2D eigenvalue weighted by Gasteiger charge is 2.38. The number of carbonyl (C=O) groups is 2. The monoisotopic (exact) mass is 404 g/mol. The molecule has 1 saturated heterocycles. The van der Waals surface area contributed by atoms with E-state index in [1.807, 2.05) is 18.2 Å². The van der Waals surface area contributed by atoms with Gasteiger partial charge in [0.25, 0.3) is 0 Å². The van der Waals surface area contributed by atoms with Gasteiger partial charge in [0.15, 0.2) is 5.76 Å². The fourth-order valence-electron chi connectivity index (χ4n) is 3.13. The van der Waals surface area contributed by atoms with Crippen LogP contribution < -0.4 is 0 Å². The summed E-state index contributed by atoms with van der Waals surface area (Å²) >= 11 is 3.48. The number of hydrogen-bond donors (Lipinski definition) is 0. The van der Waals surface area contributed by atoms with Crippen molar-refractivity contribution in [1.82, 2.24) is 19.9 Å². The summed E-state index contributed by atoms with van der Waals surface area (Å²) in [6.07, 6.45) is 4.81. The Morgan fingerprint density at radius 1 is 1.20 bits per heavy atom. The first kappa shape index (κ1) is 16.3. The molecule has 0 aromatic carbocycles. The standard InChI is InChI=1S/C17H17BrN4O3/c18-14-13(20-25-15(14)12-6-1-2-7-19-12)10-21-8-9-22(11-4-3-5-11)17(24)16(21)23/h1-2,6-7,11H,3-5,8-10H2. The van der Waals surface area contributed by atoms with Gasteiger partial charge >= 0.3 is 11.8 Å². The molecule has 0 bridgehead atoms. The summed E-state index contributed by atoms with van der Waals surface area (Å²) in [5.41, 5.74) is 1.24. The Morgan fingerprint density at radius 2 is 2.04 bits per heavy atom. The van der Waals surface area contributed by atoms with Crippen molar-refractivity contribution in [2.24, 2.45) is 0 Å². The molecule has 0 atom stereocenters. The molecule has 2 fully saturated rings. The topological polar surface area (TPSA) is 79.5 Å². The lowest BCUT2D eigenvalue weighted by atomic mass is 9.91. The number of hydrogen-bond acceptors (Lipinski definition) is 5. The molecule has 1 saturated carbocycles. The van der Waals surface area contributed by atoms with Crippen LogP contribution in [0.3, 0.4) is 0 Å². The van der Waals surface area contributed by atoms with Crippen LogP contribution in [-0.2, 0) is 16.1 Å². The van der Waals surface area contributed by atoms with Gasteiger partial charge in [0.2, 0.25) is 0 Å². The van der Waals surface area contributed by atoms with Gasteiger partial charge in [0.05, 0.1) is 11.0 Å². The molecule has 8 heteroatoms. The maximum atomic E-state index is 12.4. The number of halogens is 1. The van der Waals surface area contributed by atoms with Crippen LogP contribution in [-0.4, -0.2) is 50.9 Å². The Hall–Kier alpha value is -2.22. The lowest BCUT2D eigenvalue weighted by Gasteiger charge is -2.41. The van der Waals surface area contributed by atoms with Crippen LogP contribution in [0.5, 0.6) is 0 Å². The third kappa shape index (κ3) is 2.95. The van der Waals surface area contributed by atoms with Crippen molar-refractivity contribution in [2.75, 3.05) is 13.1 Å². The molecule has 130 valence electrons. The lowest BCUT2D eigenvalue weighted by molar-refractivity contribution is -0.159. The third-order valence-electron chi connectivity index (χ3n) is 4.80. The van der Waals surface area contributed by atoms with E-state index in [4.69, 9.17) is 4.52 Å². The minimum absolute atomic E-state index is 0.236. The van der Waals surface area contributed by atoms with Gasteiger partial charge in [0.1, 0.15) is 11.4 Å². The third-order valence-corrected chi connectivity index (χ3v) is 5.61. The van der Waals surface area contributed by atoms with Crippen LogP contribution in [0.4, 0.5) is 0 Å². The summed E-state index contributed by atoms with van der Waals surface area (Å²) in [5.74, 6) is -0.351. The smallest absolute Gasteiger partial charge is 0.312 e. The molecule has 2 aliphatic rings. The van der Waals surface area contributed by atoms with Gasteiger partial charge in [-0.3, -0.25) is 14.6 Å². The molecule has 0 N–H and O–H groups in total. The molecule has 4 rings (SSSR count). The van der Waals surface area contributed by atoms with E-state index in [1.165, 1.54) is 4.90 Å². The first-order chi connectivity index (χ1) is 12.1. The molecule has 0 radical (unpaired) electrons. The van der Waals surface area contributed by atoms with Crippen molar-refractivity contribution < 1.29 is 14.1 Å². The van der Waals surface area contributed by atoms with Gasteiger partial charge in [0, 0.05) is 25.3 Å². The lowest BCUT2D eigenvalue weighted by Crippen LogP contribution is -2.58. The van der Waals surface area contributed by atoms with E-state index in [2.05, 4.69) is 26.1 Å². The van der Waals surface area contributed by atoms with Crippen LogP contribution in [0, 0.1) is 0 Å². The number of amides is 2. The van der Waals surface area contributed by atoms with E-state index in [0.29, 0.717) is 34.7 Å². The predicted molar refractivity (Wildman–Crippen MR) is 92.2 cm³/mol. The van der Waals surface area contributed by atoms with Crippen molar-refractivity contribution in [3.8, 4) is 11.5 Å². The maximum absolute atomic E-state index is 12.4. The Morgan fingerprint density at radius 3 is 2.72 bits per heavy atom. The molecular formula is C17H17BrN4O3. The Bertz CT molecular complexity index is 803. The number of nitrogens with zero attached hydrogens (tertiary/aromatic N) is 4. The molecule has 0 unspecified atom stereocenters. The minimum Gasteiger partial charge on any atom is -0.353 e. The first-order valence-electron chi connectivity index (χ1n) is 8.30. The number of carbonyl (C=O) groups excluding carboxylic acids is 2. The predicted octanol–water partition coefficient (Wildman–Crippen LogP) is 2.22. The number of rotatable bonds is 4. The Labute approximate surface area is 153 Å². The fourth-order valence-corrected chi connectivity index (χ4v) is 3.61. The number of pyridine rings is 1. The highest BCUT2D eigenvalue weighted by Crippen LogP contribution is 2.31. The second-order valence-corrected chi connectivity index (χ2v) is 7.09. The summed E-state index contributed by atoms with van der Waals surface area (Å²) in [4.78, 5) is 32.3. The molecule has 2 amide bonds. The van der Waals surface area contributed by atoms with E-state index >= 15 is 0 Å². The van der Waals surface area contributed by atoms with Gasteiger partial charge in [-0.1, -0.05) is 11.2 Å². The zero-order valence-electron chi connectivity index (χ0n) is 13.5. The summed E-state index contributed by atoms with van der Waals surface area (Å²) in [5, 5.41) is 4.05. The fraction of sp³-hybridized carbons (Fsp3) is 0.412. The van der Waals surface area contributed by atoms with E-state index in [0.717, 1.165) is 19.3 Å². The largest absolute Gasteiger partial charge is 0.353 e. The van der Waals surface area contributed by atoms with Crippen molar-refractivity contribution >= 4 is 27.7 Å². The highest BCUT2D eigenvalue weighted by molar-refractivity contribution is 9.10. The minimum atomic E-state index is -0.465. The summed E-state index contributed by atoms with van der Waals surface area (Å²) in [6.45, 7) is 1.33. The number of piperazine rings is 1. The van der Waals surface area contributed by atoms with Gasteiger partial charge in [-0.05, 0) is 47.3 Å². The molecule has 25 heavy (non-hydrogen) atoms. The zero-order valence-corrected chi connectivity index (χ0v) is 15.1. The molecule has 3 heterocycles. The van der Waals surface area contributed by atoms with Crippen molar-refractivity contribution in [2.45, 2.75) is 31.8 Å². The quantitative estimate of drug-likeness (QED) is 0.729. The maximum Gasteiger partial charge on any atom is 0.312 e. The SMILES string of the molecule is O=C1C(=O)N(C2CCC2)CCN1Cc1noc(-c2ccccn2)c1Br. The van der Waals surface area contributed by atoms with Crippen molar-refractivity contribution in [3.63, 3.8) is 0 Å². The molecule has 1 aliphatic carbocycles. The van der Waals surface area contributed by atoms with Crippen LogP contribution in [0.1, 0.15) is 25.0 Å². The van der Waals surface area contributed by atoms with Crippen LogP contribution in [0.15, 0.2) is 33.4 Å². The van der Waals surface area contributed by atoms with Crippen LogP contribution in [0.2, 0.25) is 0 Å². The molecule has 1 aliphatic heterocycles. The molecular weight excluding hydrogens is 388 g/mol. The average molecular weight is 405 g/mol. The van der Waals surface area contributed by atoms with Gasteiger partial charge in [-0.15, -0.1) is 0 Å². The zero-order chi connectivity index (χ0) is 17.4. The average Bonchev–Trinajstić information content (AvgIpc) is 2.94. The van der Waals surface area contributed by atoms with Gasteiger partial charge < -0.3 is 14.3 Å². The van der Waals surface area contributed by atoms with Gasteiger partial charge in [-0.2, -0.15) is 0 Å². The van der Waals surface area contributed by atoms with Crippen LogP contribution >= 0.6 is 15.9 Å². The second kappa shape index (κ2) is 6.59. The summed E-state index contributed by atoms with van der Waals surface area (Å²) in [6, 6.07) is 5.74. The van der Waals surface area contributed by atoms with Crippen molar-refractivity contribution in [1.29, 1.82) is 0 Å². The molecule has 2 aromatic heterocycles. The first-order valence-corrected chi connectivity index (χ1v) is 9.10. The molecule has 7 nitrogen and oxygen atoms in total. The molecule has 2 aromatic rings. The second-order valence-electron chi connectivity index (χ2n) is 6.30. The number of aromatic nitrogens is 2. The van der Waals surface area contributed by atoms with Crippen molar-refractivity contribution in [3.05, 3.63) is 34.6 Å². The highest BCUT2D eigenvalue weighted by atomic mass is 79.9. The van der Waals surface area contributed by atoms with Gasteiger partial charge in [-0.25, -0.2) is 0 Å². The summed E-state index contributed by atoms with van der Waals surface area (Å²) in [7, 11) is 0. The van der Waals surface area contributed by atoms with E-state index in [1.54, 1.807) is 11.1 Å². The van der Waals surface area contributed by atoms with E-state index < -0.39 is 11.8 Å². The van der Waals surface area contributed by atoms with E-state index in [-0.39, 0.29) is 12.6 Å². The molecule has 0 spiro atoms. The normalized spacial score (nSPS) is 18.6. The Kier molecular flexibility index (Phi) is 4.29. The Balaban J connectivity index is 1.49. The van der Waals surface area contributed by atoms with E-state index in [9.17, 15) is 9.59 Å².